The van der Waals surface area contributed by atoms with Gasteiger partial charge in [0, 0.05) is 13.1 Å². The summed E-state index contributed by atoms with van der Waals surface area (Å²) in [6.07, 6.45) is 0.906. The van der Waals surface area contributed by atoms with Crippen LogP contribution < -0.4 is 11.1 Å². The molecule has 0 radical (unpaired) electrons. The number of carbonyl (C=O) groups excluding carboxylic acids is 2. The smallest absolute Gasteiger partial charge is 0.253 e. The molecular weight excluding hydrogens is 325 g/mol. The molecule has 1 saturated heterocycles. The minimum atomic E-state index is -0.626. The third kappa shape index (κ3) is 3.72. The summed E-state index contributed by atoms with van der Waals surface area (Å²) in [5.41, 5.74) is 5.88. The monoisotopic (exact) mass is 343 g/mol. The SMILES string of the molecule is CC(NC(=O)c1cccc(Cl)c1Cl)C(=O)N1CCC(CN)C1. The van der Waals surface area contributed by atoms with Crippen LogP contribution in [-0.4, -0.2) is 42.4 Å². The van der Waals surface area contributed by atoms with Crippen LogP contribution in [0, 0.1) is 5.92 Å². The van der Waals surface area contributed by atoms with Gasteiger partial charge >= 0.3 is 0 Å². The van der Waals surface area contributed by atoms with Crippen molar-refractivity contribution in [3.63, 3.8) is 0 Å². The average Bonchev–Trinajstić information content (AvgIpc) is 2.98. The van der Waals surface area contributed by atoms with Crippen molar-refractivity contribution in [3.8, 4) is 0 Å². The Morgan fingerprint density at radius 3 is 2.82 bits per heavy atom. The molecule has 2 rings (SSSR count). The molecule has 1 aromatic rings. The molecule has 120 valence electrons. The van der Waals surface area contributed by atoms with E-state index < -0.39 is 11.9 Å². The minimum Gasteiger partial charge on any atom is -0.341 e. The predicted octanol–water partition coefficient (Wildman–Crippen LogP) is 1.92. The number of likely N-dealkylation sites (tertiary alicyclic amines) is 1. The van der Waals surface area contributed by atoms with Gasteiger partial charge in [-0.1, -0.05) is 29.3 Å². The Morgan fingerprint density at radius 1 is 1.45 bits per heavy atom. The van der Waals surface area contributed by atoms with E-state index in [0.29, 0.717) is 30.6 Å². The number of nitrogens with one attached hydrogen (secondary N) is 1. The first-order valence-electron chi connectivity index (χ1n) is 7.17. The lowest BCUT2D eigenvalue weighted by Gasteiger charge is -2.22. The van der Waals surface area contributed by atoms with Crippen LogP contribution in [0.25, 0.3) is 0 Å². The maximum atomic E-state index is 12.3. The Balaban J connectivity index is 1.99. The molecule has 1 aliphatic rings. The van der Waals surface area contributed by atoms with Crippen molar-refractivity contribution < 1.29 is 9.59 Å². The fourth-order valence-corrected chi connectivity index (χ4v) is 2.90. The first-order chi connectivity index (χ1) is 10.4. The summed E-state index contributed by atoms with van der Waals surface area (Å²) in [5.74, 6) is -0.181. The standard InChI is InChI=1S/C15H19Cl2N3O2/c1-9(15(22)20-6-5-10(7-18)8-20)19-14(21)11-3-2-4-12(16)13(11)17/h2-4,9-10H,5-8,18H2,1H3,(H,19,21). The van der Waals surface area contributed by atoms with Crippen molar-refractivity contribution in [2.45, 2.75) is 19.4 Å². The second kappa shape index (κ2) is 7.31. The zero-order valence-electron chi connectivity index (χ0n) is 12.3. The van der Waals surface area contributed by atoms with E-state index in [9.17, 15) is 9.59 Å². The summed E-state index contributed by atoms with van der Waals surface area (Å²) in [7, 11) is 0. The number of hydrogen-bond donors (Lipinski definition) is 2. The molecule has 3 N–H and O–H groups in total. The van der Waals surface area contributed by atoms with E-state index in [0.717, 1.165) is 6.42 Å². The van der Waals surface area contributed by atoms with Gasteiger partial charge in [0.25, 0.3) is 5.91 Å². The maximum absolute atomic E-state index is 12.3. The normalized spacial score (nSPS) is 19.1. The first kappa shape index (κ1) is 17.1. The van der Waals surface area contributed by atoms with Gasteiger partial charge in [0.1, 0.15) is 6.04 Å². The Kier molecular flexibility index (Phi) is 5.67. The topological polar surface area (TPSA) is 75.4 Å². The van der Waals surface area contributed by atoms with Crippen LogP contribution in [0.5, 0.6) is 0 Å². The fraction of sp³-hybridized carbons (Fsp3) is 0.467. The molecule has 1 heterocycles. The van der Waals surface area contributed by atoms with Crippen LogP contribution in [-0.2, 0) is 4.79 Å². The number of benzene rings is 1. The lowest BCUT2D eigenvalue weighted by atomic mass is 10.1. The number of nitrogens with two attached hydrogens (primary N) is 1. The summed E-state index contributed by atoms with van der Waals surface area (Å²) < 4.78 is 0. The molecule has 1 aromatic carbocycles. The quantitative estimate of drug-likeness (QED) is 0.876. The molecule has 5 nitrogen and oxygen atoms in total. The van der Waals surface area contributed by atoms with Gasteiger partial charge < -0.3 is 16.0 Å². The van der Waals surface area contributed by atoms with Gasteiger partial charge in [-0.3, -0.25) is 9.59 Å². The van der Waals surface area contributed by atoms with Gasteiger partial charge in [-0.25, -0.2) is 0 Å². The molecule has 0 spiro atoms. The summed E-state index contributed by atoms with van der Waals surface area (Å²) in [6, 6.07) is 4.19. The number of hydrogen-bond acceptors (Lipinski definition) is 3. The molecule has 7 heteroatoms. The van der Waals surface area contributed by atoms with Crippen molar-refractivity contribution in [3.05, 3.63) is 33.8 Å². The van der Waals surface area contributed by atoms with Gasteiger partial charge in [-0.2, -0.15) is 0 Å². The summed E-state index contributed by atoms with van der Waals surface area (Å²) in [6.45, 7) is 3.56. The molecule has 0 bridgehead atoms. The molecule has 0 saturated carbocycles. The summed E-state index contributed by atoms with van der Waals surface area (Å²) >= 11 is 11.9. The lowest BCUT2D eigenvalue weighted by molar-refractivity contribution is -0.131. The second-order valence-corrected chi connectivity index (χ2v) is 6.26. The number of rotatable bonds is 4. The third-order valence-electron chi connectivity index (χ3n) is 3.85. The van der Waals surface area contributed by atoms with Crippen molar-refractivity contribution in [2.75, 3.05) is 19.6 Å². The molecule has 1 fully saturated rings. The summed E-state index contributed by atoms with van der Waals surface area (Å²) in [5, 5.41) is 3.16. The highest BCUT2D eigenvalue weighted by Crippen LogP contribution is 2.25. The largest absolute Gasteiger partial charge is 0.341 e. The fourth-order valence-electron chi connectivity index (χ4n) is 2.51. The molecule has 1 aliphatic heterocycles. The van der Waals surface area contributed by atoms with E-state index in [1.807, 2.05) is 0 Å². The van der Waals surface area contributed by atoms with E-state index in [-0.39, 0.29) is 16.5 Å². The Bertz CT molecular complexity index is 580. The highest BCUT2D eigenvalue weighted by atomic mass is 35.5. The first-order valence-corrected chi connectivity index (χ1v) is 7.93. The second-order valence-electron chi connectivity index (χ2n) is 5.47. The Morgan fingerprint density at radius 2 is 2.18 bits per heavy atom. The van der Waals surface area contributed by atoms with Gasteiger partial charge in [0.15, 0.2) is 0 Å². The van der Waals surface area contributed by atoms with E-state index >= 15 is 0 Å². The van der Waals surface area contributed by atoms with Crippen LogP contribution in [0.1, 0.15) is 23.7 Å². The van der Waals surface area contributed by atoms with E-state index in [1.165, 1.54) is 0 Å². The van der Waals surface area contributed by atoms with E-state index in [1.54, 1.807) is 30.0 Å². The van der Waals surface area contributed by atoms with Crippen LogP contribution in [0.15, 0.2) is 18.2 Å². The number of nitrogens with zero attached hydrogens (tertiary/aromatic N) is 1. The number of amides is 2. The Hall–Kier alpha value is -1.30. The maximum Gasteiger partial charge on any atom is 0.253 e. The minimum absolute atomic E-state index is 0.109. The lowest BCUT2D eigenvalue weighted by Crippen LogP contribution is -2.46. The zero-order chi connectivity index (χ0) is 16.3. The van der Waals surface area contributed by atoms with Crippen molar-refractivity contribution in [1.29, 1.82) is 0 Å². The highest BCUT2D eigenvalue weighted by molar-refractivity contribution is 6.43. The van der Waals surface area contributed by atoms with Gasteiger partial charge in [-0.15, -0.1) is 0 Å². The van der Waals surface area contributed by atoms with Crippen molar-refractivity contribution in [1.82, 2.24) is 10.2 Å². The molecule has 0 aromatic heterocycles. The van der Waals surface area contributed by atoms with Crippen molar-refractivity contribution >= 4 is 35.0 Å². The predicted molar refractivity (Wildman–Crippen MR) is 87.1 cm³/mol. The molecular formula is C15H19Cl2N3O2. The van der Waals surface area contributed by atoms with Crippen LogP contribution in [0.2, 0.25) is 10.0 Å². The van der Waals surface area contributed by atoms with Crippen LogP contribution in [0.3, 0.4) is 0 Å². The molecule has 2 atom stereocenters. The van der Waals surface area contributed by atoms with Gasteiger partial charge in [0.05, 0.1) is 15.6 Å². The van der Waals surface area contributed by atoms with Gasteiger partial charge in [0.2, 0.25) is 5.91 Å². The number of carbonyl (C=O) groups is 2. The zero-order valence-corrected chi connectivity index (χ0v) is 13.8. The van der Waals surface area contributed by atoms with E-state index in [4.69, 9.17) is 28.9 Å². The van der Waals surface area contributed by atoms with Gasteiger partial charge in [-0.05, 0) is 37.9 Å². The molecule has 22 heavy (non-hydrogen) atoms. The molecule has 2 unspecified atom stereocenters. The van der Waals surface area contributed by atoms with Crippen molar-refractivity contribution in [2.24, 2.45) is 11.7 Å². The molecule has 2 amide bonds. The van der Waals surface area contributed by atoms with E-state index in [2.05, 4.69) is 5.32 Å². The van der Waals surface area contributed by atoms with Crippen LogP contribution >= 0.6 is 23.2 Å². The summed E-state index contributed by atoms with van der Waals surface area (Å²) in [4.78, 5) is 26.3. The third-order valence-corrected chi connectivity index (χ3v) is 4.66. The highest BCUT2D eigenvalue weighted by Gasteiger charge is 2.29. The van der Waals surface area contributed by atoms with Crippen LogP contribution in [0.4, 0.5) is 0 Å². The average molecular weight is 344 g/mol. The Labute approximate surface area is 139 Å². The number of halogens is 2. The molecule has 0 aliphatic carbocycles.